The van der Waals surface area contributed by atoms with Crippen molar-refractivity contribution in [1.29, 1.82) is 0 Å². The fourth-order valence-electron chi connectivity index (χ4n) is 1.90. The van der Waals surface area contributed by atoms with Gasteiger partial charge in [0.1, 0.15) is 5.82 Å². The molecular formula is C13H15ClN4. The van der Waals surface area contributed by atoms with Gasteiger partial charge in [-0.05, 0) is 42.6 Å². The first-order chi connectivity index (χ1) is 8.63. The standard InChI is InChI=1S/C13H15ClN4/c1-18(2)9-5-6-11-10(7-9)12(15-8-3-4-8)17-13(14)16-11/h5-8H,3-4H2,1-2H3,(H,15,16,17). The number of rotatable bonds is 3. The Morgan fingerprint density at radius 1 is 1.28 bits per heavy atom. The summed E-state index contributed by atoms with van der Waals surface area (Å²) < 4.78 is 0. The molecule has 1 aromatic heterocycles. The van der Waals surface area contributed by atoms with Crippen LogP contribution in [0.1, 0.15) is 12.8 Å². The smallest absolute Gasteiger partial charge is 0.224 e. The highest BCUT2D eigenvalue weighted by molar-refractivity contribution is 6.28. The number of benzene rings is 1. The minimum absolute atomic E-state index is 0.295. The van der Waals surface area contributed by atoms with Gasteiger partial charge in [-0.3, -0.25) is 0 Å². The molecule has 0 unspecified atom stereocenters. The molecule has 4 nitrogen and oxygen atoms in total. The zero-order valence-corrected chi connectivity index (χ0v) is 11.2. The molecule has 5 heteroatoms. The molecule has 1 N–H and O–H groups in total. The lowest BCUT2D eigenvalue weighted by molar-refractivity contribution is 1.10. The maximum atomic E-state index is 5.96. The van der Waals surface area contributed by atoms with E-state index >= 15 is 0 Å². The molecule has 1 aliphatic carbocycles. The summed E-state index contributed by atoms with van der Waals surface area (Å²) in [5, 5.41) is 4.73. The SMILES string of the molecule is CN(C)c1ccc2nc(Cl)nc(NC3CC3)c2c1. The van der Waals surface area contributed by atoms with Crippen molar-refractivity contribution in [3.8, 4) is 0 Å². The quantitative estimate of drug-likeness (QED) is 0.864. The largest absolute Gasteiger partial charge is 0.378 e. The monoisotopic (exact) mass is 262 g/mol. The van der Waals surface area contributed by atoms with E-state index < -0.39 is 0 Å². The van der Waals surface area contributed by atoms with Gasteiger partial charge in [0, 0.05) is 31.2 Å². The molecular weight excluding hydrogens is 248 g/mol. The van der Waals surface area contributed by atoms with E-state index in [0.29, 0.717) is 11.3 Å². The third-order valence-electron chi connectivity index (χ3n) is 3.09. The van der Waals surface area contributed by atoms with Crippen molar-refractivity contribution >= 4 is 34.0 Å². The number of fused-ring (bicyclic) bond motifs is 1. The average molecular weight is 263 g/mol. The normalized spacial score (nSPS) is 14.8. The van der Waals surface area contributed by atoms with Gasteiger partial charge in [-0.25, -0.2) is 9.97 Å². The zero-order chi connectivity index (χ0) is 12.7. The fraction of sp³-hybridized carbons (Fsp3) is 0.385. The van der Waals surface area contributed by atoms with Gasteiger partial charge in [0.25, 0.3) is 0 Å². The lowest BCUT2D eigenvalue weighted by Gasteiger charge is -2.14. The molecule has 1 saturated carbocycles. The van der Waals surface area contributed by atoms with Crippen LogP contribution < -0.4 is 10.2 Å². The Balaban J connectivity index is 2.14. The molecule has 1 heterocycles. The first-order valence-corrected chi connectivity index (χ1v) is 6.42. The first kappa shape index (κ1) is 11.5. The lowest BCUT2D eigenvalue weighted by atomic mass is 10.2. The number of hydrogen-bond donors (Lipinski definition) is 1. The highest BCUT2D eigenvalue weighted by Crippen LogP contribution is 2.30. The highest BCUT2D eigenvalue weighted by atomic mass is 35.5. The minimum Gasteiger partial charge on any atom is -0.378 e. The van der Waals surface area contributed by atoms with Crippen LogP contribution in [-0.4, -0.2) is 30.1 Å². The van der Waals surface area contributed by atoms with Gasteiger partial charge >= 0.3 is 0 Å². The van der Waals surface area contributed by atoms with Crippen molar-refractivity contribution in [2.24, 2.45) is 0 Å². The van der Waals surface area contributed by atoms with E-state index in [1.807, 2.05) is 26.2 Å². The summed E-state index contributed by atoms with van der Waals surface area (Å²) in [5.74, 6) is 0.844. The molecule has 0 radical (unpaired) electrons. The third-order valence-corrected chi connectivity index (χ3v) is 3.26. The number of nitrogens with one attached hydrogen (secondary N) is 1. The predicted octanol–water partition coefficient (Wildman–Crippen LogP) is 2.92. The van der Waals surface area contributed by atoms with Gasteiger partial charge in [0.15, 0.2) is 0 Å². The molecule has 0 atom stereocenters. The summed E-state index contributed by atoms with van der Waals surface area (Å²) in [6.07, 6.45) is 2.41. The number of aromatic nitrogens is 2. The maximum absolute atomic E-state index is 5.96. The molecule has 3 rings (SSSR count). The van der Waals surface area contributed by atoms with Crippen LogP contribution in [0.3, 0.4) is 0 Å². The van der Waals surface area contributed by atoms with Gasteiger partial charge < -0.3 is 10.2 Å². The Hall–Kier alpha value is -1.55. The third kappa shape index (κ3) is 2.20. The lowest BCUT2D eigenvalue weighted by Crippen LogP contribution is -2.09. The van der Waals surface area contributed by atoms with E-state index in [9.17, 15) is 0 Å². The van der Waals surface area contributed by atoms with E-state index in [2.05, 4.69) is 26.3 Å². The van der Waals surface area contributed by atoms with Crippen LogP contribution >= 0.6 is 11.6 Å². The second-order valence-electron chi connectivity index (χ2n) is 4.86. The molecule has 1 fully saturated rings. The molecule has 0 bridgehead atoms. The molecule has 0 spiro atoms. The average Bonchev–Trinajstić information content (AvgIpc) is 3.12. The summed E-state index contributed by atoms with van der Waals surface area (Å²) in [5.41, 5.74) is 2.01. The van der Waals surface area contributed by atoms with Gasteiger partial charge in [0.05, 0.1) is 5.52 Å². The Kier molecular flexibility index (Phi) is 2.74. The summed E-state index contributed by atoms with van der Waals surface area (Å²) >= 11 is 5.96. The molecule has 0 saturated heterocycles. The van der Waals surface area contributed by atoms with E-state index in [4.69, 9.17) is 11.6 Å². The first-order valence-electron chi connectivity index (χ1n) is 6.04. The van der Waals surface area contributed by atoms with Gasteiger partial charge in [0.2, 0.25) is 5.28 Å². The van der Waals surface area contributed by atoms with Crippen LogP contribution in [0.25, 0.3) is 10.9 Å². The summed E-state index contributed by atoms with van der Waals surface area (Å²) in [7, 11) is 4.04. The van der Waals surface area contributed by atoms with E-state index in [0.717, 1.165) is 22.4 Å². The predicted molar refractivity (Wildman–Crippen MR) is 75.5 cm³/mol. The Bertz CT molecular complexity index is 593. The van der Waals surface area contributed by atoms with Crippen LogP contribution in [-0.2, 0) is 0 Å². The molecule has 0 aliphatic heterocycles. The summed E-state index contributed by atoms with van der Waals surface area (Å²) in [4.78, 5) is 10.6. The van der Waals surface area contributed by atoms with Crippen molar-refractivity contribution in [1.82, 2.24) is 9.97 Å². The van der Waals surface area contributed by atoms with Crippen molar-refractivity contribution in [3.63, 3.8) is 0 Å². The maximum Gasteiger partial charge on any atom is 0.224 e. The van der Waals surface area contributed by atoms with E-state index in [1.165, 1.54) is 12.8 Å². The van der Waals surface area contributed by atoms with Crippen LogP contribution in [0.2, 0.25) is 5.28 Å². The Morgan fingerprint density at radius 2 is 2.06 bits per heavy atom. The van der Waals surface area contributed by atoms with Crippen molar-refractivity contribution < 1.29 is 0 Å². The molecule has 0 amide bonds. The summed E-state index contributed by atoms with van der Waals surface area (Å²) in [6.45, 7) is 0. The number of halogens is 1. The molecule has 1 aliphatic rings. The second-order valence-corrected chi connectivity index (χ2v) is 5.19. The Morgan fingerprint density at radius 3 is 2.72 bits per heavy atom. The van der Waals surface area contributed by atoms with Crippen LogP contribution in [0.5, 0.6) is 0 Å². The minimum atomic E-state index is 0.295. The van der Waals surface area contributed by atoms with Crippen LogP contribution in [0.4, 0.5) is 11.5 Å². The molecule has 1 aromatic carbocycles. The molecule has 94 valence electrons. The van der Waals surface area contributed by atoms with Gasteiger partial charge in [-0.2, -0.15) is 0 Å². The molecule has 18 heavy (non-hydrogen) atoms. The fourth-order valence-corrected chi connectivity index (χ4v) is 2.07. The van der Waals surface area contributed by atoms with E-state index in [-0.39, 0.29) is 0 Å². The zero-order valence-electron chi connectivity index (χ0n) is 10.4. The molecule has 2 aromatic rings. The van der Waals surface area contributed by atoms with Crippen molar-refractivity contribution in [3.05, 3.63) is 23.5 Å². The van der Waals surface area contributed by atoms with Crippen LogP contribution in [0.15, 0.2) is 18.2 Å². The van der Waals surface area contributed by atoms with E-state index in [1.54, 1.807) is 0 Å². The number of anilines is 2. The second kappa shape index (κ2) is 4.28. The highest BCUT2D eigenvalue weighted by Gasteiger charge is 2.22. The topological polar surface area (TPSA) is 41.1 Å². The van der Waals surface area contributed by atoms with Crippen molar-refractivity contribution in [2.75, 3.05) is 24.3 Å². The Labute approximate surface area is 111 Å². The summed E-state index contributed by atoms with van der Waals surface area (Å²) in [6, 6.07) is 6.65. The van der Waals surface area contributed by atoms with Gasteiger partial charge in [-0.15, -0.1) is 0 Å². The van der Waals surface area contributed by atoms with Crippen LogP contribution in [0, 0.1) is 0 Å². The van der Waals surface area contributed by atoms with Crippen molar-refractivity contribution in [2.45, 2.75) is 18.9 Å². The number of nitrogens with zero attached hydrogens (tertiary/aromatic N) is 3. The number of hydrogen-bond acceptors (Lipinski definition) is 4. The van der Waals surface area contributed by atoms with Gasteiger partial charge in [-0.1, -0.05) is 0 Å².